The predicted octanol–water partition coefficient (Wildman–Crippen LogP) is 8.43. The Morgan fingerprint density at radius 3 is 1.81 bits per heavy atom. The number of para-hydroxylation sites is 2. The Kier molecular flexibility index (Phi) is 4.40. The second kappa shape index (κ2) is 7.55. The average Bonchev–Trinajstić information content (AvgIpc) is 3.20. The fourth-order valence-electron chi connectivity index (χ4n) is 4.70. The second-order valence-electron chi connectivity index (χ2n) is 8.33. The summed E-state index contributed by atoms with van der Waals surface area (Å²) in [6.45, 7) is 2.12. The first kappa shape index (κ1) is 18.7. The van der Waals surface area contributed by atoms with Crippen LogP contribution in [0.15, 0.2) is 121 Å². The molecule has 0 aliphatic heterocycles. The fourth-order valence-corrected chi connectivity index (χ4v) is 4.70. The zero-order valence-electron chi connectivity index (χ0n) is 18.0. The van der Waals surface area contributed by atoms with Gasteiger partial charge in [0.25, 0.3) is 0 Å². The van der Waals surface area contributed by atoms with Gasteiger partial charge in [-0.15, -0.1) is 0 Å². The quantitative estimate of drug-likeness (QED) is 0.276. The highest BCUT2D eigenvalue weighted by Crippen LogP contribution is 2.38. The lowest BCUT2D eigenvalue weighted by Crippen LogP contribution is -1.92. The molecule has 0 spiro atoms. The van der Waals surface area contributed by atoms with Crippen molar-refractivity contribution in [1.29, 1.82) is 0 Å². The van der Waals surface area contributed by atoms with Gasteiger partial charge in [-0.25, -0.2) is 0 Å². The smallest absolute Gasteiger partial charge is 0.0547 e. The first-order chi connectivity index (χ1) is 15.8. The van der Waals surface area contributed by atoms with E-state index in [1.165, 1.54) is 55.3 Å². The first-order valence-electron chi connectivity index (χ1n) is 11.0. The van der Waals surface area contributed by atoms with E-state index in [1.54, 1.807) is 0 Å². The van der Waals surface area contributed by atoms with Crippen molar-refractivity contribution in [2.75, 3.05) is 0 Å². The van der Waals surface area contributed by atoms with Crippen molar-refractivity contribution in [2.45, 2.75) is 6.92 Å². The number of fused-ring (bicyclic) bond motifs is 3. The maximum absolute atomic E-state index is 2.37. The predicted molar refractivity (Wildman–Crippen MR) is 136 cm³/mol. The molecule has 6 rings (SSSR count). The molecular weight excluding hydrogens is 386 g/mol. The van der Waals surface area contributed by atoms with Gasteiger partial charge in [0, 0.05) is 16.5 Å². The molecule has 0 saturated carbocycles. The number of nitrogens with zero attached hydrogens (tertiary/aromatic N) is 1. The maximum atomic E-state index is 2.37. The Morgan fingerprint density at radius 1 is 0.469 bits per heavy atom. The molecule has 152 valence electrons. The van der Waals surface area contributed by atoms with Crippen LogP contribution in [0, 0.1) is 6.92 Å². The van der Waals surface area contributed by atoms with Crippen molar-refractivity contribution >= 4 is 21.8 Å². The molecule has 1 heterocycles. The van der Waals surface area contributed by atoms with Gasteiger partial charge < -0.3 is 4.57 Å². The Hall–Kier alpha value is -4.10. The normalized spacial score (nSPS) is 11.3. The van der Waals surface area contributed by atoms with Crippen LogP contribution < -0.4 is 0 Å². The third-order valence-corrected chi connectivity index (χ3v) is 6.29. The summed E-state index contributed by atoms with van der Waals surface area (Å²) in [6, 6.07) is 43.7. The molecule has 5 aromatic carbocycles. The highest BCUT2D eigenvalue weighted by molar-refractivity contribution is 6.15. The molecule has 6 aromatic rings. The van der Waals surface area contributed by atoms with Crippen molar-refractivity contribution in [1.82, 2.24) is 4.57 Å². The van der Waals surface area contributed by atoms with Crippen molar-refractivity contribution in [2.24, 2.45) is 0 Å². The van der Waals surface area contributed by atoms with Crippen LogP contribution in [-0.2, 0) is 0 Å². The maximum Gasteiger partial charge on any atom is 0.0547 e. The molecule has 0 bridgehead atoms. The molecular formula is C31H23N. The molecule has 0 amide bonds. The van der Waals surface area contributed by atoms with E-state index >= 15 is 0 Å². The number of aryl methyl sites for hydroxylation is 1. The van der Waals surface area contributed by atoms with Gasteiger partial charge in [0.1, 0.15) is 0 Å². The minimum absolute atomic E-state index is 1.19. The minimum atomic E-state index is 1.19. The monoisotopic (exact) mass is 409 g/mol. The van der Waals surface area contributed by atoms with Crippen molar-refractivity contribution < 1.29 is 0 Å². The van der Waals surface area contributed by atoms with Crippen molar-refractivity contribution in [3.8, 4) is 27.9 Å². The molecule has 0 fully saturated rings. The van der Waals surface area contributed by atoms with Crippen LogP contribution in [0.25, 0.3) is 49.7 Å². The lowest BCUT2D eigenvalue weighted by molar-refractivity contribution is 1.18. The summed E-state index contributed by atoms with van der Waals surface area (Å²) < 4.78 is 2.37. The third-order valence-electron chi connectivity index (χ3n) is 6.29. The van der Waals surface area contributed by atoms with E-state index in [1.807, 2.05) is 0 Å². The van der Waals surface area contributed by atoms with Gasteiger partial charge in [-0.05, 0) is 53.4 Å². The van der Waals surface area contributed by atoms with E-state index in [2.05, 4.69) is 133 Å². The second-order valence-corrected chi connectivity index (χ2v) is 8.33. The summed E-state index contributed by atoms with van der Waals surface area (Å²) in [6.07, 6.45) is 0. The molecule has 0 saturated heterocycles. The molecule has 0 radical (unpaired) electrons. The Labute approximate surface area is 188 Å². The highest BCUT2D eigenvalue weighted by atomic mass is 15.0. The highest BCUT2D eigenvalue weighted by Gasteiger charge is 2.15. The van der Waals surface area contributed by atoms with Crippen LogP contribution in [0.1, 0.15) is 5.56 Å². The molecule has 1 nitrogen and oxygen atoms in total. The lowest BCUT2D eigenvalue weighted by Gasteiger charge is -2.09. The third kappa shape index (κ3) is 3.02. The topological polar surface area (TPSA) is 4.93 Å². The van der Waals surface area contributed by atoms with Crippen molar-refractivity contribution in [3.05, 3.63) is 127 Å². The molecule has 0 aliphatic carbocycles. The van der Waals surface area contributed by atoms with Crippen LogP contribution in [0.2, 0.25) is 0 Å². The van der Waals surface area contributed by atoms with Gasteiger partial charge in [0.15, 0.2) is 0 Å². The Balaban J connectivity index is 1.56. The molecule has 1 aromatic heterocycles. The van der Waals surface area contributed by atoms with Gasteiger partial charge in [-0.1, -0.05) is 103 Å². The zero-order chi connectivity index (χ0) is 21.5. The SMILES string of the molecule is Cc1ccc(-c2ccc(-c3cccc4c3c3ccccc3n4-c3ccccc3)cc2)cc1. The van der Waals surface area contributed by atoms with Gasteiger partial charge in [-0.3, -0.25) is 0 Å². The van der Waals surface area contributed by atoms with Gasteiger partial charge >= 0.3 is 0 Å². The largest absolute Gasteiger partial charge is 0.309 e. The van der Waals surface area contributed by atoms with Crippen molar-refractivity contribution in [3.63, 3.8) is 0 Å². The molecule has 1 heteroatoms. The average molecular weight is 410 g/mol. The summed E-state index contributed by atoms with van der Waals surface area (Å²) in [5.41, 5.74) is 9.94. The standard InChI is InChI=1S/C31H23N/c1-22-14-16-23(17-15-22)24-18-20-25(21-19-24)27-11-7-13-30-31(27)28-10-5-6-12-29(28)32(30)26-8-3-2-4-9-26/h2-21H,1H3. The number of hydrogen-bond acceptors (Lipinski definition) is 0. The number of aromatic nitrogens is 1. The van der Waals surface area contributed by atoms with Crippen LogP contribution in [0.4, 0.5) is 0 Å². The summed E-state index contributed by atoms with van der Waals surface area (Å²) in [5, 5.41) is 2.58. The number of hydrogen-bond donors (Lipinski definition) is 0. The summed E-state index contributed by atoms with van der Waals surface area (Å²) in [7, 11) is 0. The Bertz CT molecular complexity index is 1540. The van der Waals surface area contributed by atoms with Crippen LogP contribution in [-0.4, -0.2) is 4.57 Å². The zero-order valence-corrected chi connectivity index (χ0v) is 18.0. The van der Waals surface area contributed by atoms with E-state index < -0.39 is 0 Å². The van der Waals surface area contributed by atoms with Gasteiger partial charge in [0.2, 0.25) is 0 Å². The molecule has 0 aliphatic rings. The van der Waals surface area contributed by atoms with E-state index in [0.717, 1.165) is 0 Å². The lowest BCUT2D eigenvalue weighted by atomic mass is 9.96. The van der Waals surface area contributed by atoms with Crippen LogP contribution >= 0.6 is 0 Å². The van der Waals surface area contributed by atoms with E-state index in [-0.39, 0.29) is 0 Å². The molecule has 0 N–H and O–H groups in total. The summed E-state index contributed by atoms with van der Waals surface area (Å²) in [4.78, 5) is 0. The van der Waals surface area contributed by atoms with Crippen LogP contribution in [0.5, 0.6) is 0 Å². The summed E-state index contributed by atoms with van der Waals surface area (Å²) in [5.74, 6) is 0. The molecule has 0 atom stereocenters. The molecule has 0 unspecified atom stereocenters. The van der Waals surface area contributed by atoms with E-state index in [9.17, 15) is 0 Å². The van der Waals surface area contributed by atoms with Crippen LogP contribution in [0.3, 0.4) is 0 Å². The van der Waals surface area contributed by atoms with E-state index in [4.69, 9.17) is 0 Å². The number of benzene rings is 5. The van der Waals surface area contributed by atoms with E-state index in [0.29, 0.717) is 0 Å². The Morgan fingerprint density at radius 2 is 1.06 bits per heavy atom. The molecule has 32 heavy (non-hydrogen) atoms. The number of rotatable bonds is 3. The first-order valence-corrected chi connectivity index (χ1v) is 11.0. The van der Waals surface area contributed by atoms with Gasteiger partial charge in [-0.2, -0.15) is 0 Å². The fraction of sp³-hybridized carbons (Fsp3) is 0.0323. The minimum Gasteiger partial charge on any atom is -0.309 e. The summed E-state index contributed by atoms with van der Waals surface area (Å²) >= 11 is 0. The van der Waals surface area contributed by atoms with Gasteiger partial charge in [0.05, 0.1) is 11.0 Å².